The average Bonchev–Trinajstić information content (AvgIpc) is 3.02. The van der Waals surface area contributed by atoms with Crippen molar-refractivity contribution in [3.63, 3.8) is 0 Å². The third kappa shape index (κ3) is 3.73. The highest BCUT2D eigenvalue weighted by atomic mass is 35.5. The number of hydrogen-bond donors (Lipinski definition) is 1. The van der Waals surface area contributed by atoms with Crippen molar-refractivity contribution in [2.75, 3.05) is 7.11 Å². The summed E-state index contributed by atoms with van der Waals surface area (Å²) < 4.78 is 19.1. The highest BCUT2D eigenvalue weighted by Gasteiger charge is 2.29. The number of halogens is 3. The molecule has 0 aliphatic carbocycles. The maximum Gasteiger partial charge on any atom is 0.259 e. The lowest BCUT2D eigenvalue weighted by Crippen LogP contribution is -2.10. The highest BCUT2D eigenvalue weighted by Crippen LogP contribution is 2.44. The quantitative estimate of drug-likeness (QED) is 0.573. The van der Waals surface area contributed by atoms with E-state index in [-0.39, 0.29) is 15.5 Å². The summed E-state index contributed by atoms with van der Waals surface area (Å²) in [6.07, 6.45) is 0.498. The van der Waals surface area contributed by atoms with Crippen molar-refractivity contribution in [3.8, 4) is 17.2 Å². The Morgan fingerprint density at radius 3 is 2.68 bits per heavy atom. The lowest BCUT2D eigenvalue weighted by atomic mass is 9.97. The van der Waals surface area contributed by atoms with Crippen LogP contribution in [0.4, 0.5) is 4.39 Å². The number of pyridine rings is 1. The monoisotopic (exact) mass is 435 g/mol. The van der Waals surface area contributed by atoms with Gasteiger partial charge < -0.3 is 10.5 Å². The molecular weight excluding hydrogens is 424 g/mol. The van der Waals surface area contributed by atoms with E-state index in [4.69, 9.17) is 33.7 Å². The number of nitrogens with two attached hydrogens (primary N) is 1. The summed E-state index contributed by atoms with van der Waals surface area (Å²) in [5.41, 5.74) is 6.91. The highest BCUT2D eigenvalue weighted by molar-refractivity contribution is 7.15. The lowest BCUT2D eigenvalue weighted by molar-refractivity contribution is 0.100. The molecule has 28 heavy (non-hydrogen) atoms. The Balaban J connectivity index is 2.29. The van der Waals surface area contributed by atoms with Gasteiger partial charge in [0.2, 0.25) is 5.95 Å². The Bertz CT molecular complexity index is 1110. The van der Waals surface area contributed by atoms with E-state index in [0.717, 1.165) is 11.3 Å². The van der Waals surface area contributed by atoms with Gasteiger partial charge in [0.1, 0.15) is 17.1 Å². The SMILES string of the molecule is COC(c1ccnc(F)c1)c1sc(C(N)=O)c(-c2ccc(Cl)cc2Cl)c1C#N. The van der Waals surface area contributed by atoms with Crippen molar-refractivity contribution in [3.05, 3.63) is 73.4 Å². The van der Waals surface area contributed by atoms with Crippen molar-refractivity contribution in [1.82, 2.24) is 4.98 Å². The van der Waals surface area contributed by atoms with E-state index >= 15 is 0 Å². The van der Waals surface area contributed by atoms with Gasteiger partial charge in [-0.15, -0.1) is 11.3 Å². The predicted molar refractivity (Wildman–Crippen MR) is 106 cm³/mol. The van der Waals surface area contributed by atoms with Gasteiger partial charge in [0, 0.05) is 34.5 Å². The zero-order chi connectivity index (χ0) is 20.4. The minimum absolute atomic E-state index is 0.146. The van der Waals surface area contributed by atoms with Gasteiger partial charge in [0.05, 0.1) is 10.4 Å². The molecule has 0 aliphatic rings. The molecule has 2 aromatic heterocycles. The van der Waals surface area contributed by atoms with E-state index in [1.54, 1.807) is 18.2 Å². The first-order valence-corrected chi connectivity index (χ1v) is 9.40. The summed E-state index contributed by atoms with van der Waals surface area (Å²) in [4.78, 5) is 16.2. The van der Waals surface area contributed by atoms with Gasteiger partial charge in [-0.05, 0) is 29.8 Å². The van der Waals surface area contributed by atoms with E-state index < -0.39 is 18.0 Å². The van der Waals surface area contributed by atoms with E-state index in [1.807, 2.05) is 0 Å². The van der Waals surface area contributed by atoms with Gasteiger partial charge in [0.15, 0.2) is 0 Å². The van der Waals surface area contributed by atoms with E-state index in [2.05, 4.69) is 11.1 Å². The molecule has 1 aromatic carbocycles. The molecule has 2 N–H and O–H groups in total. The van der Waals surface area contributed by atoms with E-state index in [0.29, 0.717) is 26.6 Å². The van der Waals surface area contributed by atoms with Crippen LogP contribution in [0.25, 0.3) is 11.1 Å². The van der Waals surface area contributed by atoms with Gasteiger partial charge in [-0.3, -0.25) is 4.79 Å². The Morgan fingerprint density at radius 2 is 2.11 bits per heavy atom. The Kier molecular flexibility index (Phi) is 5.96. The fourth-order valence-corrected chi connectivity index (χ4v) is 4.57. The number of carbonyl (C=O) groups excluding carboxylic acids is 1. The molecule has 142 valence electrons. The molecule has 3 rings (SSSR count). The van der Waals surface area contributed by atoms with E-state index in [9.17, 15) is 14.4 Å². The Labute approximate surface area is 174 Å². The van der Waals surface area contributed by atoms with Gasteiger partial charge in [-0.1, -0.05) is 29.3 Å². The molecule has 0 aliphatic heterocycles. The maximum atomic E-state index is 13.6. The standard InChI is InChI=1S/C19H12Cl2FN3O2S/c1-27-16(9-4-5-25-14(22)6-9)17-12(8-23)15(18(28-17)19(24)26)11-3-2-10(20)7-13(11)21/h2-7,16H,1H3,(H2,24,26). The van der Waals surface area contributed by atoms with Crippen LogP contribution < -0.4 is 5.73 Å². The largest absolute Gasteiger partial charge is 0.371 e. The molecule has 1 unspecified atom stereocenters. The number of primary amides is 1. The van der Waals surface area contributed by atoms with Gasteiger partial charge in [-0.2, -0.15) is 9.65 Å². The lowest BCUT2D eigenvalue weighted by Gasteiger charge is -2.15. The summed E-state index contributed by atoms with van der Waals surface area (Å²) in [6, 6.07) is 9.58. The van der Waals surface area contributed by atoms with Crippen LogP contribution in [-0.2, 0) is 4.74 Å². The predicted octanol–water partition coefficient (Wildman–Crippen LogP) is 4.96. The Hall–Kier alpha value is -2.50. The number of carbonyl (C=O) groups is 1. The smallest absolute Gasteiger partial charge is 0.259 e. The number of amides is 1. The summed E-state index contributed by atoms with van der Waals surface area (Å²) >= 11 is 13.3. The molecule has 0 bridgehead atoms. The number of rotatable bonds is 5. The van der Waals surface area contributed by atoms with Crippen LogP contribution in [-0.4, -0.2) is 18.0 Å². The summed E-state index contributed by atoms with van der Waals surface area (Å²) in [7, 11) is 1.42. The molecule has 1 amide bonds. The topological polar surface area (TPSA) is 89.0 Å². The second kappa shape index (κ2) is 8.25. The molecule has 3 aromatic rings. The zero-order valence-corrected chi connectivity index (χ0v) is 16.7. The average molecular weight is 436 g/mol. The number of benzene rings is 1. The normalized spacial score (nSPS) is 11.8. The number of aromatic nitrogens is 1. The number of hydrogen-bond acceptors (Lipinski definition) is 5. The van der Waals surface area contributed by atoms with Crippen molar-refractivity contribution >= 4 is 40.4 Å². The molecule has 0 spiro atoms. The molecule has 0 radical (unpaired) electrons. The first kappa shape index (κ1) is 20.2. The molecule has 5 nitrogen and oxygen atoms in total. The first-order chi connectivity index (χ1) is 13.4. The minimum Gasteiger partial charge on any atom is -0.371 e. The van der Waals surface area contributed by atoms with E-state index in [1.165, 1.54) is 25.4 Å². The first-order valence-electron chi connectivity index (χ1n) is 7.83. The summed E-state index contributed by atoms with van der Waals surface area (Å²) in [6.45, 7) is 0. The molecule has 1 atom stereocenters. The molecule has 0 saturated carbocycles. The van der Waals surface area contributed by atoms with Crippen LogP contribution in [0.2, 0.25) is 10.0 Å². The summed E-state index contributed by atoms with van der Waals surface area (Å²) in [5.74, 6) is -1.41. The zero-order valence-electron chi connectivity index (χ0n) is 14.4. The third-order valence-corrected chi connectivity index (χ3v) is 5.79. The second-order valence-electron chi connectivity index (χ2n) is 5.67. The molecule has 0 fully saturated rings. The van der Waals surface area contributed by atoms with Crippen LogP contribution >= 0.6 is 34.5 Å². The van der Waals surface area contributed by atoms with Crippen molar-refractivity contribution in [2.24, 2.45) is 5.73 Å². The van der Waals surface area contributed by atoms with Gasteiger partial charge in [0.25, 0.3) is 5.91 Å². The number of nitrogens with zero attached hydrogens (tertiary/aromatic N) is 2. The molecule has 9 heteroatoms. The second-order valence-corrected chi connectivity index (χ2v) is 7.57. The number of methoxy groups -OCH3 is 1. The third-order valence-electron chi connectivity index (χ3n) is 4.00. The van der Waals surface area contributed by atoms with Crippen molar-refractivity contribution < 1.29 is 13.9 Å². The van der Waals surface area contributed by atoms with Crippen LogP contribution in [0.15, 0.2) is 36.5 Å². The van der Waals surface area contributed by atoms with Gasteiger partial charge in [-0.25, -0.2) is 4.98 Å². The number of thiophene rings is 1. The van der Waals surface area contributed by atoms with Gasteiger partial charge >= 0.3 is 0 Å². The molecule has 0 saturated heterocycles. The number of nitriles is 1. The van der Waals surface area contributed by atoms with Crippen LogP contribution in [0.5, 0.6) is 0 Å². The number of ether oxygens (including phenoxy) is 1. The van der Waals surface area contributed by atoms with Crippen molar-refractivity contribution in [1.29, 1.82) is 5.26 Å². The Morgan fingerprint density at radius 1 is 1.36 bits per heavy atom. The fourth-order valence-electron chi connectivity index (χ4n) is 2.84. The molecule has 2 heterocycles. The van der Waals surface area contributed by atoms with Crippen LogP contribution in [0.1, 0.15) is 31.8 Å². The van der Waals surface area contributed by atoms with Crippen molar-refractivity contribution in [2.45, 2.75) is 6.10 Å². The fraction of sp³-hybridized carbons (Fsp3) is 0.105. The molecular formula is C19H12Cl2FN3O2S. The van der Waals surface area contributed by atoms with Crippen LogP contribution in [0, 0.1) is 17.3 Å². The summed E-state index contributed by atoms with van der Waals surface area (Å²) in [5, 5.41) is 10.5. The minimum atomic E-state index is -0.796. The van der Waals surface area contributed by atoms with Crippen LogP contribution in [0.3, 0.4) is 0 Å². The maximum absolute atomic E-state index is 13.6.